The topological polar surface area (TPSA) is 198 Å². The monoisotopic (exact) mass is 1080 g/mol. The average Bonchev–Trinajstić information content (AvgIpc) is 4.42. The molecular formula is C59H68FN11O6S. The Balaban J connectivity index is 0.701. The van der Waals surface area contributed by atoms with Gasteiger partial charge in [0.2, 0.25) is 11.8 Å². The molecule has 9 heterocycles. The summed E-state index contributed by atoms with van der Waals surface area (Å²) in [4.78, 5) is 56.7. The van der Waals surface area contributed by atoms with Crippen molar-refractivity contribution in [1.29, 1.82) is 0 Å². The minimum atomic E-state index is -0.834. The van der Waals surface area contributed by atoms with Gasteiger partial charge in [0.1, 0.15) is 41.3 Å². The first-order chi connectivity index (χ1) is 37.8. The van der Waals surface area contributed by atoms with Crippen LogP contribution in [0.1, 0.15) is 87.9 Å². The number of aliphatic hydroxyl groups excluding tert-OH is 1. The van der Waals surface area contributed by atoms with E-state index in [9.17, 15) is 19.8 Å². The number of aromatic nitrogens is 5. The van der Waals surface area contributed by atoms with Crippen LogP contribution in [0.5, 0.6) is 11.8 Å². The number of piperidine rings is 1. The number of likely N-dealkylation sites (tertiary alicyclic amines) is 2. The van der Waals surface area contributed by atoms with Gasteiger partial charge in [-0.05, 0) is 103 Å². The number of halogens is 1. The maximum atomic E-state index is 17.2. The van der Waals surface area contributed by atoms with Crippen LogP contribution in [0, 0.1) is 30.5 Å². The summed E-state index contributed by atoms with van der Waals surface area (Å²) in [6.45, 7) is 15.7. The average molecular weight is 1080 g/mol. The number of ether oxygens (including phenoxy) is 1. The number of aromatic hydroxyl groups is 1. The highest BCUT2D eigenvalue weighted by atomic mass is 32.1. The molecule has 17 nitrogen and oxygen atoms in total. The summed E-state index contributed by atoms with van der Waals surface area (Å²) in [5.74, 6) is 0.548. The van der Waals surface area contributed by atoms with Crippen molar-refractivity contribution in [2.75, 3.05) is 68.8 Å². The summed E-state index contributed by atoms with van der Waals surface area (Å²) in [6, 6.07) is 18.7. The van der Waals surface area contributed by atoms with Crippen LogP contribution < -0.4 is 25.2 Å². The predicted molar refractivity (Wildman–Crippen MR) is 298 cm³/mol. The number of nitrogens with zero attached hydrogens (tertiary/aromatic N) is 9. The summed E-state index contributed by atoms with van der Waals surface area (Å²) in [5.41, 5.74) is 6.61. The predicted octanol–water partition coefficient (Wildman–Crippen LogP) is 8.03. The normalized spacial score (nSPS) is 23.2. The number of pyridine rings is 1. The third-order valence-corrected chi connectivity index (χ3v) is 18.1. The molecule has 3 aromatic carbocycles. The van der Waals surface area contributed by atoms with Crippen molar-refractivity contribution < 1.29 is 33.5 Å². The van der Waals surface area contributed by atoms with Crippen molar-refractivity contribution in [1.82, 2.24) is 45.5 Å². The van der Waals surface area contributed by atoms with Crippen molar-refractivity contribution in [3.63, 3.8) is 0 Å². The van der Waals surface area contributed by atoms with Crippen LogP contribution in [0.2, 0.25) is 0 Å². The Kier molecular flexibility index (Phi) is 14.3. The molecule has 0 aliphatic carbocycles. The van der Waals surface area contributed by atoms with Crippen LogP contribution in [-0.4, -0.2) is 140 Å². The molecule has 78 heavy (non-hydrogen) atoms. The van der Waals surface area contributed by atoms with Gasteiger partial charge in [-0.1, -0.05) is 68.4 Å². The first-order valence-corrected chi connectivity index (χ1v) is 28.6. The fourth-order valence-corrected chi connectivity index (χ4v) is 13.9. The number of β-amino-alcohol motifs (C(OH)–C–C–N with tert-alkyl or cyclic N) is 1. The second kappa shape index (κ2) is 21.4. The van der Waals surface area contributed by atoms with Gasteiger partial charge < -0.3 is 44.8 Å². The summed E-state index contributed by atoms with van der Waals surface area (Å²) in [6.07, 6.45) is 4.85. The Bertz CT molecular complexity index is 3360. The molecular weight excluding hydrogens is 1010 g/mol. The molecule has 408 valence electrons. The maximum absolute atomic E-state index is 17.2. The summed E-state index contributed by atoms with van der Waals surface area (Å²) in [7, 11) is 0. The number of amides is 2. The van der Waals surface area contributed by atoms with Crippen LogP contribution in [-0.2, 0) is 16.0 Å². The first kappa shape index (κ1) is 51.9. The van der Waals surface area contributed by atoms with Crippen LogP contribution in [0.3, 0.4) is 0 Å². The molecule has 4 N–H and O–H groups in total. The number of carbonyl (C=O) groups is 2. The zero-order valence-electron chi connectivity index (χ0n) is 44.9. The molecule has 2 amide bonds. The van der Waals surface area contributed by atoms with E-state index in [1.54, 1.807) is 29.7 Å². The second-order valence-electron chi connectivity index (χ2n) is 22.6. The number of hydrogen-bond acceptors (Lipinski definition) is 16. The molecule has 4 aromatic heterocycles. The number of fused-ring (bicyclic) bond motifs is 5. The summed E-state index contributed by atoms with van der Waals surface area (Å²) in [5, 5.41) is 35.2. The highest BCUT2D eigenvalue weighted by Gasteiger charge is 2.45. The number of aryl methyl sites for hydroxylation is 2. The minimum Gasteiger partial charge on any atom is -0.508 e. The number of piperazine rings is 1. The smallest absolute Gasteiger partial charge is 0.319 e. The van der Waals surface area contributed by atoms with Gasteiger partial charge in [-0.15, -0.1) is 11.3 Å². The number of carbonyl (C=O) groups excluding carboxylic acids is 2. The molecule has 0 radical (unpaired) electrons. The van der Waals surface area contributed by atoms with E-state index in [2.05, 4.69) is 42.4 Å². The van der Waals surface area contributed by atoms with Crippen molar-refractivity contribution in [3.8, 4) is 33.5 Å². The molecule has 2 bridgehead atoms. The van der Waals surface area contributed by atoms with E-state index in [0.29, 0.717) is 65.4 Å². The van der Waals surface area contributed by atoms with Gasteiger partial charge in [0.15, 0.2) is 17.4 Å². The largest absolute Gasteiger partial charge is 0.508 e. The molecule has 5 fully saturated rings. The number of rotatable bonds is 15. The number of phenols is 1. The molecule has 0 saturated carbocycles. The zero-order chi connectivity index (χ0) is 53.9. The van der Waals surface area contributed by atoms with Crippen molar-refractivity contribution >= 4 is 56.5 Å². The molecule has 0 spiro atoms. The Morgan fingerprint density at radius 3 is 2.50 bits per heavy atom. The van der Waals surface area contributed by atoms with Crippen LogP contribution in [0.25, 0.3) is 43.4 Å². The first-order valence-electron chi connectivity index (χ1n) is 27.7. The lowest BCUT2D eigenvalue weighted by Gasteiger charge is -2.34. The zero-order valence-corrected chi connectivity index (χ0v) is 45.7. The molecule has 5 saturated heterocycles. The number of nitrogens with one attached hydrogen (secondary N) is 2. The van der Waals surface area contributed by atoms with Gasteiger partial charge in [0.05, 0.1) is 33.6 Å². The number of aliphatic hydroxyl groups is 1. The lowest BCUT2D eigenvalue weighted by atomic mass is 9.89. The Morgan fingerprint density at radius 1 is 0.949 bits per heavy atom. The molecule has 12 rings (SSSR count). The fourth-order valence-electron chi connectivity index (χ4n) is 13.0. The minimum absolute atomic E-state index is 0.0340. The van der Waals surface area contributed by atoms with E-state index in [0.717, 1.165) is 103 Å². The number of phenolic OH excluding ortho intramolecular Hbond substituents is 1. The van der Waals surface area contributed by atoms with Crippen LogP contribution >= 0.6 is 11.3 Å². The van der Waals surface area contributed by atoms with Gasteiger partial charge in [0, 0.05) is 82.1 Å². The highest BCUT2D eigenvalue weighted by molar-refractivity contribution is 7.13. The van der Waals surface area contributed by atoms with E-state index in [4.69, 9.17) is 24.2 Å². The lowest BCUT2D eigenvalue weighted by molar-refractivity contribution is -0.141. The maximum Gasteiger partial charge on any atom is 0.319 e. The van der Waals surface area contributed by atoms with Gasteiger partial charge in [-0.3, -0.25) is 19.5 Å². The highest BCUT2D eigenvalue weighted by Crippen LogP contribution is 2.41. The molecule has 19 heteroatoms. The Labute approximate surface area is 457 Å². The Morgan fingerprint density at radius 2 is 1.74 bits per heavy atom. The van der Waals surface area contributed by atoms with E-state index in [-0.39, 0.29) is 59.7 Å². The van der Waals surface area contributed by atoms with Crippen LogP contribution in [0.15, 0.2) is 76.9 Å². The lowest BCUT2D eigenvalue weighted by Crippen LogP contribution is -2.51. The van der Waals surface area contributed by atoms with Gasteiger partial charge in [-0.2, -0.15) is 9.97 Å². The van der Waals surface area contributed by atoms with E-state index in [1.165, 1.54) is 4.90 Å². The quantitative estimate of drug-likeness (QED) is 0.0769. The third-order valence-electron chi connectivity index (χ3n) is 17.1. The number of anilines is 2. The summed E-state index contributed by atoms with van der Waals surface area (Å²) < 4.78 is 29.6. The van der Waals surface area contributed by atoms with Crippen molar-refractivity contribution in [3.05, 3.63) is 101 Å². The molecule has 2 unspecified atom stereocenters. The summed E-state index contributed by atoms with van der Waals surface area (Å²) >= 11 is 1.59. The van der Waals surface area contributed by atoms with Crippen molar-refractivity contribution in [2.24, 2.45) is 17.8 Å². The third kappa shape index (κ3) is 10.0. The fraction of sp³-hybridized carbons (Fsp3) is 0.475. The second-order valence-corrected chi connectivity index (χ2v) is 23.5. The standard InChI is InChI=1S/C59H68FN11O6S/c1-6-35-8-7-9-38-20-43(72)21-45(51(35)38)53-52(60)54-46(24-61-53)56(70-28-41-14-15-42(29-70)64-41)66-59(65-54)76-19-18-68-17-16-39-26-69(27-40(39)25-68)49-23-48(77-67-49)50(32(2)3)58(75)71-30-44(73)22-47(71)57(74)63-33(4)36-10-12-37(13-11-36)55-34(5)62-31-78-55/h7-13,20-21,23-24,31-33,39-42,44,47,50,64,72-73H,6,14-19,22,25-30H2,1-5H3,(H,63,74)/t33-,39+,40-,41?,42?,44+,47-,50-/m0/s1. The molecule has 5 aliphatic heterocycles. The number of thiazole rings is 1. The molecule has 5 aliphatic rings. The molecule has 7 aromatic rings. The van der Waals surface area contributed by atoms with E-state index in [1.807, 2.05) is 81.7 Å². The van der Waals surface area contributed by atoms with E-state index < -0.39 is 23.9 Å². The van der Waals surface area contributed by atoms with E-state index >= 15 is 4.39 Å². The molecule has 8 atom stereocenters. The SMILES string of the molecule is CCc1cccc2cc(O)cc(-c3ncc4c(N5CC6CCC(C5)N6)nc(OCCN5CC[C@@H]6CN(c7cc([C@@H](C(=O)N8C[C@H](O)C[C@H]8C(=O)N[C@@H](C)c8ccc(-c9scnc9C)cc8)C(C)C)on7)C[C@@H]6C5)nc4c3F)c12. The number of hydrogen-bond donors (Lipinski definition) is 4. The Hall–Kier alpha value is -6.80. The number of benzene rings is 3. The van der Waals surface area contributed by atoms with Gasteiger partial charge >= 0.3 is 6.01 Å². The van der Waals surface area contributed by atoms with Gasteiger partial charge in [-0.25, -0.2) is 9.37 Å². The van der Waals surface area contributed by atoms with Crippen LogP contribution in [0.4, 0.5) is 16.0 Å². The van der Waals surface area contributed by atoms with Gasteiger partial charge in [0.25, 0.3) is 0 Å². The van der Waals surface area contributed by atoms with Crippen molar-refractivity contribution in [2.45, 2.75) is 103 Å².